The van der Waals surface area contributed by atoms with Crippen LogP contribution in [0.2, 0.25) is 0 Å². The number of rotatable bonds is 4. The van der Waals surface area contributed by atoms with Gasteiger partial charge in [-0.15, -0.1) is 0 Å². The molecule has 1 aromatic carbocycles. The van der Waals surface area contributed by atoms with E-state index >= 15 is 0 Å². The molecule has 1 heterocycles. The van der Waals surface area contributed by atoms with Crippen molar-refractivity contribution in [3.8, 4) is 0 Å². The number of nitrogens with two attached hydrogens (primary N) is 1. The van der Waals surface area contributed by atoms with Crippen LogP contribution in [-0.2, 0) is 4.79 Å². The molecule has 0 aliphatic carbocycles. The number of anilines is 1. The van der Waals surface area contributed by atoms with Crippen LogP contribution >= 0.6 is 0 Å². The molecule has 1 saturated heterocycles. The Morgan fingerprint density at radius 3 is 2.55 bits per heavy atom. The Bertz CT molecular complexity index is 496. The Labute approximate surface area is 119 Å². The standard InChI is InChI=1S/C15H21N3O2/c1-10(2)17-15(20)12-3-5-13(6-4-12)18-9-11(8-16)7-14(18)19/h3-6,10-11H,7-9,16H2,1-2H3,(H,17,20). The van der Waals surface area contributed by atoms with Crippen molar-refractivity contribution in [2.24, 2.45) is 11.7 Å². The van der Waals surface area contributed by atoms with Crippen LogP contribution in [0.25, 0.3) is 0 Å². The minimum Gasteiger partial charge on any atom is -0.350 e. The molecule has 0 aromatic heterocycles. The maximum Gasteiger partial charge on any atom is 0.251 e. The average Bonchev–Trinajstić information content (AvgIpc) is 2.79. The van der Waals surface area contributed by atoms with Gasteiger partial charge < -0.3 is 16.0 Å². The van der Waals surface area contributed by atoms with Crippen LogP contribution in [0.1, 0.15) is 30.6 Å². The van der Waals surface area contributed by atoms with Crippen molar-refractivity contribution in [2.45, 2.75) is 26.3 Å². The molecule has 5 heteroatoms. The third-order valence-electron chi connectivity index (χ3n) is 3.40. The topological polar surface area (TPSA) is 75.4 Å². The van der Waals surface area contributed by atoms with Crippen molar-refractivity contribution in [2.75, 3.05) is 18.0 Å². The second-order valence-electron chi connectivity index (χ2n) is 5.49. The first-order chi connectivity index (χ1) is 9.51. The highest BCUT2D eigenvalue weighted by molar-refractivity contribution is 5.97. The molecule has 1 fully saturated rings. The Morgan fingerprint density at radius 1 is 1.40 bits per heavy atom. The van der Waals surface area contributed by atoms with Crippen molar-refractivity contribution in [3.63, 3.8) is 0 Å². The summed E-state index contributed by atoms with van der Waals surface area (Å²) in [6, 6.07) is 7.22. The third-order valence-corrected chi connectivity index (χ3v) is 3.40. The molecule has 1 aliphatic rings. The molecule has 1 atom stereocenters. The Hall–Kier alpha value is -1.88. The van der Waals surface area contributed by atoms with Crippen molar-refractivity contribution in [1.82, 2.24) is 5.32 Å². The lowest BCUT2D eigenvalue weighted by Crippen LogP contribution is -2.30. The van der Waals surface area contributed by atoms with E-state index in [1.165, 1.54) is 0 Å². The van der Waals surface area contributed by atoms with Gasteiger partial charge >= 0.3 is 0 Å². The predicted octanol–water partition coefficient (Wildman–Crippen LogP) is 1.14. The van der Waals surface area contributed by atoms with Gasteiger partial charge in [0.05, 0.1) is 0 Å². The van der Waals surface area contributed by atoms with E-state index in [1.807, 2.05) is 26.0 Å². The van der Waals surface area contributed by atoms with E-state index in [-0.39, 0.29) is 23.8 Å². The number of benzene rings is 1. The van der Waals surface area contributed by atoms with E-state index in [4.69, 9.17) is 5.73 Å². The molecule has 2 amide bonds. The van der Waals surface area contributed by atoms with Gasteiger partial charge in [-0.05, 0) is 50.6 Å². The highest BCUT2D eigenvalue weighted by atomic mass is 16.2. The average molecular weight is 275 g/mol. The summed E-state index contributed by atoms with van der Waals surface area (Å²) in [7, 11) is 0. The molecule has 1 aromatic rings. The van der Waals surface area contributed by atoms with Gasteiger partial charge in [-0.2, -0.15) is 0 Å². The fourth-order valence-corrected chi connectivity index (χ4v) is 2.33. The van der Waals surface area contributed by atoms with E-state index in [0.29, 0.717) is 25.1 Å². The lowest BCUT2D eigenvalue weighted by molar-refractivity contribution is -0.117. The van der Waals surface area contributed by atoms with Crippen LogP contribution in [-0.4, -0.2) is 30.9 Å². The van der Waals surface area contributed by atoms with E-state index in [0.717, 1.165) is 5.69 Å². The summed E-state index contributed by atoms with van der Waals surface area (Å²) in [6.07, 6.45) is 0.506. The number of amides is 2. The fourth-order valence-electron chi connectivity index (χ4n) is 2.33. The van der Waals surface area contributed by atoms with Crippen molar-refractivity contribution >= 4 is 17.5 Å². The lowest BCUT2D eigenvalue weighted by Gasteiger charge is -2.17. The molecule has 0 bridgehead atoms. The Kier molecular flexibility index (Phi) is 4.39. The SMILES string of the molecule is CC(C)NC(=O)c1ccc(N2CC(CN)CC2=O)cc1. The van der Waals surface area contributed by atoms with Gasteiger partial charge in [0.2, 0.25) is 5.91 Å². The zero-order chi connectivity index (χ0) is 14.7. The number of nitrogens with one attached hydrogen (secondary N) is 1. The first kappa shape index (κ1) is 14.5. The van der Waals surface area contributed by atoms with Gasteiger partial charge in [-0.3, -0.25) is 9.59 Å². The van der Waals surface area contributed by atoms with Crippen LogP contribution in [0.3, 0.4) is 0 Å². The van der Waals surface area contributed by atoms with E-state index in [9.17, 15) is 9.59 Å². The van der Waals surface area contributed by atoms with Gasteiger partial charge in [0, 0.05) is 30.3 Å². The molecule has 20 heavy (non-hydrogen) atoms. The van der Waals surface area contributed by atoms with E-state index in [1.54, 1.807) is 17.0 Å². The highest BCUT2D eigenvalue weighted by Gasteiger charge is 2.29. The first-order valence-corrected chi connectivity index (χ1v) is 6.92. The minimum atomic E-state index is -0.0980. The Balaban J connectivity index is 2.09. The number of hydrogen-bond donors (Lipinski definition) is 2. The summed E-state index contributed by atoms with van der Waals surface area (Å²) in [5.41, 5.74) is 7.04. The number of carbonyl (C=O) groups is 2. The van der Waals surface area contributed by atoms with Gasteiger partial charge in [-0.25, -0.2) is 0 Å². The van der Waals surface area contributed by atoms with Crippen molar-refractivity contribution in [1.29, 1.82) is 0 Å². The normalized spacial score (nSPS) is 18.7. The summed E-state index contributed by atoms with van der Waals surface area (Å²) in [5.74, 6) is 0.227. The molecule has 108 valence electrons. The molecule has 1 aliphatic heterocycles. The molecule has 2 rings (SSSR count). The highest BCUT2D eigenvalue weighted by Crippen LogP contribution is 2.24. The van der Waals surface area contributed by atoms with Crippen LogP contribution in [0.5, 0.6) is 0 Å². The van der Waals surface area contributed by atoms with Crippen LogP contribution in [0.4, 0.5) is 5.69 Å². The second-order valence-corrected chi connectivity index (χ2v) is 5.49. The van der Waals surface area contributed by atoms with Gasteiger partial charge in [0.25, 0.3) is 5.91 Å². The summed E-state index contributed by atoms with van der Waals surface area (Å²) < 4.78 is 0. The quantitative estimate of drug-likeness (QED) is 0.865. The van der Waals surface area contributed by atoms with Crippen LogP contribution < -0.4 is 16.0 Å². The summed E-state index contributed by atoms with van der Waals surface area (Å²) in [4.78, 5) is 25.5. The third kappa shape index (κ3) is 3.17. The molecule has 5 nitrogen and oxygen atoms in total. The maximum absolute atomic E-state index is 11.9. The monoisotopic (exact) mass is 275 g/mol. The van der Waals surface area contributed by atoms with E-state index in [2.05, 4.69) is 5.32 Å². The predicted molar refractivity (Wildman–Crippen MR) is 78.6 cm³/mol. The second kappa shape index (κ2) is 6.05. The largest absolute Gasteiger partial charge is 0.350 e. The summed E-state index contributed by atoms with van der Waals surface area (Å²) in [6.45, 7) is 5.02. The Morgan fingerprint density at radius 2 is 2.05 bits per heavy atom. The maximum atomic E-state index is 11.9. The molecule has 0 saturated carbocycles. The van der Waals surface area contributed by atoms with Gasteiger partial charge in [0.1, 0.15) is 0 Å². The molecule has 0 spiro atoms. The molecule has 3 N–H and O–H groups in total. The molecular formula is C15H21N3O2. The minimum absolute atomic E-state index is 0.0971. The smallest absolute Gasteiger partial charge is 0.251 e. The number of nitrogens with zero attached hydrogens (tertiary/aromatic N) is 1. The number of hydrogen-bond acceptors (Lipinski definition) is 3. The zero-order valence-corrected chi connectivity index (χ0v) is 11.9. The van der Waals surface area contributed by atoms with Gasteiger partial charge in [-0.1, -0.05) is 0 Å². The molecular weight excluding hydrogens is 254 g/mol. The lowest BCUT2D eigenvalue weighted by atomic mass is 10.1. The fraction of sp³-hybridized carbons (Fsp3) is 0.467. The van der Waals surface area contributed by atoms with Crippen molar-refractivity contribution in [3.05, 3.63) is 29.8 Å². The number of carbonyl (C=O) groups excluding carboxylic acids is 2. The first-order valence-electron chi connectivity index (χ1n) is 6.92. The van der Waals surface area contributed by atoms with Crippen LogP contribution in [0.15, 0.2) is 24.3 Å². The summed E-state index contributed by atoms with van der Waals surface area (Å²) >= 11 is 0. The molecule has 0 radical (unpaired) electrons. The molecule has 1 unspecified atom stereocenters. The zero-order valence-electron chi connectivity index (χ0n) is 11.9. The van der Waals surface area contributed by atoms with Gasteiger partial charge in [0.15, 0.2) is 0 Å². The van der Waals surface area contributed by atoms with Crippen molar-refractivity contribution < 1.29 is 9.59 Å². The van der Waals surface area contributed by atoms with E-state index < -0.39 is 0 Å². The van der Waals surface area contributed by atoms with Crippen LogP contribution in [0, 0.1) is 5.92 Å². The summed E-state index contributed by atoms with van der Waals surface area (Å²) in [5, 5.41) is 2.84.